The molecular weight excluding hydrogens is 456 g/mol. The highest BCUT2D eigenvalue weighted by Crippen LogP contribution is 2.40. The largest absolute Gasteiger partial charge is 0.508 e. The van der Waals surface area contributed by atoms with Gasteiger partial charge >= 0.3 is 11.9 Å². The first-order valence-corrected chi connectivity index (χ1v) is 13.2. The van der Waals surface area contributed by atoms with Crippen LogP contribution in [0.25, 0.3) is 0 Å². The van der Waals surface area contributed by atoms with Crippen molar-refractivity contribution in [3.8, 4) is 11.5 Å². The van der Waals surface area contributed by atoms with Crippen LogP contribution in [-0.4, -0.2) is 35.4 Å². The standard InChI is InChI=1S/C15H20O3.C11H14O3.C4H8/c1-2-18-15(17)10-13(8-11-6-7-11)12-4-3-5-14(16)9-12;1-2-14-11(13)7-6-9-4-3-5-10(12)8-9;1-4-2-3-4/h3-5,9,11,13,16H,2,6-8,10H2,1H3;3-5,8,12H,2,6-7H2,1H3;4H,2-3H2,1H3/t13-;;/m0../s1. The molecule has 0 heterocycles. The maximum absolute atomic E-state index is 11.6. The summed E-state index contributed by atoms with van der Waals surface area (Å²) < 4.78 is 9.82. The zero-order valence-corrected chi connectivity index (χ0v) is 21.9. The number of rotatable bonds is 10. The van der Waals surface area contributed by atoms with Crippen LogP contribution >= 0.6 is 0 Å². The van der Waals surface area contributed by atoms with Crippen LogP contribution in [0.15, 0.2) is 48.5 Å². The van der Waals surface area contributed by atoms with Gasteiger partial charge in [0.2, 0.25) is 0 Å². The van der Waals surface area contributed by atoms with Crippen molar-refractivity contribution in [2.24, 2.45) is 11.8 Å². The summed E-state index contributed by atoms with van der Waals surface area (Å²) in [6.07, 6.45) is 7.89. The molecule has 4 rings (SSSR count). The van der Waals surface area contributed by atoms with Gasteiger partial charge in [0.05, 0.1) is 19.6 Å². The first-order chi connectivity index (χ1) is 17.3. The third-order valence-corrected chi connectivity index (χ3v) is 6.07. The minimum absolute atomic E-state index is 0.147. The average Bonchev–Trinajstić information content (AvgIpc) is 3.77. The monoisotopic (exact) mass is 498 g/mol. The van der Waals surface area contributed by atoms with Gasteiger partial charge in [0.25, 0.3) is 0 Å². The highest BCUT2D eigenvalue weighted by Gasteiger charge is 2.28. The predicted octanol–water partition coefficient (Wildman–Crippen LogP) is 6.53. The Labute approximate surface area is 215 Å². The molecule has 2 aromatic rings. The lowest BCUT2D eigenvalue weighted by atomic mass is 9.90. The molecule has 0 radical (unpaired) electrons. The number of phenolic OH excluding ortho intramolecular Hbond substituents is 2. The molecule has 198 valence electrons. The molecule has 2 aliphatic carbocycles. The minimum atomic E-state index is -0.198. The first kappa shape index (κ1) is 29.2. The molecule has 2 aromatic carbocycles. The number of carbonyl (C=O) groups excluding carboxylic acids is 2. The summed E-state index contributed by atoms with van der Waals surface area (Å²) in [5.74, 6) is 2.14. The fourth-order valence-electron chi connectivity index (χ4n) is 3.65. The van der Waals surface area contributed by atoms with Gasteiger partial charge < -0.3 is 19.7 Å². The molecule has 0 amide bonds. The van der Waals surface area contributed by atoms with E-state index < -0.39 is 0 Å². The van der Waals surface area contributed by atoms with Crippen LogP contribution in [-0.2, 0) is 25.5 Å². The number of carbonyl (C=O) groups is 2. The molecule has 6 heteroatoms. The fourth-order valence-corrected chi connectivity index (χ4v) is 3.65. The summed E-state index contributed by atoms with van der Waals surface area (Å²) >= 11 is 0. The Kier molecular flexibility index (Phi) is 12.9. The van der Waals surface area contributed by atoms with Crippen molar-refractivity contribution in [2.75, 3.05) is 13.2 Å². The van der Waals surface area contributed by atoms with Crippen LogP contribution in [0.5, 0.6) is 11.5 Å². The van der Waals surface area contributed by atoms with Gasteiger partial charge in [-0.3, -0.25) is 9.59 Å². The van der Waals surface area contributed by atoms with Crippen LogP contribution in [0.3, 0.4) is 0 Å². The third-order valence-electron chi connectivity index (χ3n) is 6.07. The first-order valence-electron chi connectivity index (χ1n) is 13.2. The zero-order chi connectivity index (χ0) is 26.3. The molecule has 0 bridgehead atoms. The predicted molar refractivity (Wildman–Crippen MR) is 141 cm³/mol. The van der Waals surface area contributed by atoms with Gasteiger partial charge in [0.15, 0.2) is 0 Å². The second-order valence-electron chi connectivity index (χ2n) is 9.64. The number of ether oxygens (including phenoxy) is 2. The summed E-state index contributed by atoms with van der Waals surface area (Å²) in [5.41, 5.74) is 1.98. The fraction of sp³-hybridized carbons (Fsp3) is 0.533. The number of aryl methyl sites for hydroxylation is 1. The lowest BCUT2D eigenvalue weighted by Gasteiger charge is -2.16. The van der Waals surface area contributed by atoms with Crippen molar-refractivity contribution in [1.29, 1.82) is 0 Å². The zero-order valence-electron chi connectivity index (χ0n) is 21.9. The van der Waals surface area contributed by atoms with E-state index in [0.717, 1.165) is 29.4 Å². The lowest BCUT2D eigenvalue weighted by Crippen LogP contribution is -2.11. The van der Waals surface area contributed by atoms with Crippen molar-refractivity contribution in [2.45, 2.75) is 78.1 Å². The van der Waals surface area contributed by atoms with Crippen LogP contribution in [0.2, 0.25) is 0 Å². The number of benzene rings is 2. The van der Waals surface area contributed by atoms with E-state index in [1.54, 1.807) is 37.3 Å². The van der Waals surface area contributed by atoms with E-state index in [9.17, 15) is 14.7 Å². The highest BCUT2D eigenvalue weighted by molar-refractivity contribution is 5.70. The number of phenols is 2. The van der Waals surface area contributed by atoms with Gasteiger partial charge in [-0.15, -0.1) is 0 Å². The Hall–Kier alpha value is -3.02. The molecule has 1 atom stereocenters. The van der Waals surface area contributed by atoms with Gasteiger partial charge in [-0.05, 0) is 79.8 Å². The van der Waals surface area contributed by atoms with E-state index in [1.165, 1.54) is 25.7 Å². The van der Waals surface area contributed by atoms with E-state index in [2.05, 4.69) is 6.92 Å². The number of esters is 2. The van der Waals surface area contributed by atoms with E-state index in [0.29, 0.717) is 32.5 Å². The number of aromatic hydroxyl groups is 2. The van der Waals surface area contributed by atoms with Gasteiger partial charge in [0, 0.05) is 6.42 Å². The quantitative estimate of drug-likeness (QED) is 0.362. The van der Waals surface area contributed by atoms with E-state index in [4.69, 9.17) is 14.6 Å². The van der Waals surface area contributed by atoms with Gasteiger partial charge in [-0.2, -0.15) is 0 Å². The van der Waals surface area contributed by atoms with E-state index in [-0.39, 0.29) is 29.4 Å². The molecule has 2 saturated carbocycles. The van der Waals surface area contributed by atoms with Crippen LogP contribution in [0, 0.1) is 11.8 Å². The molecule has 0 unspecified atom stereocenters. The van der Waals surface area contributed by atoms with Gasteiger partial charge in [-0.1, -0.05) is 56.9 Å². The Balaban J connectivity index is 0.000000224. The maximum atomic E-state index is 11.6. The van der Waals surface area contributed by atoms with Crippen molar-refractivity contribution in [3.63, 3.8) is 0 Å². The molecule has 36 heavy (non-hydrogen) atoms. The Bertz CT molecular complexity index is 933. The smallest absolute Gasteiger partial charge is 0.306 e. The van der Waals surface area contributed by atoms with Crippen molar-refractivity contribution >= 4 is 11.9 Å². The topological polar surface area (TPSA) is 93.1 Å². The lowest BCUT2D eigenvalue weighted by molar-refractivity contribution is -0.144. The molecule has 0 aromatic heterocycles. The minimum Gasteiger partial charge on any atom is -0.508 e. The molecule has 0 spiro atoms. The van der Waals surface area contributed by atoms with Crippen LogP contribution < -0.4 is 0 Å². The molecule has 0 aliphatic heterocycles. The SMILES string of the molecule is CC1CC1.CCOC(=O)CCc1cccc(O)c1.CCOC(=O)C[C@H](CC1CC1)c1cccc(O)c1. The summed E-state index contributed by atoms with van der Waals surface area (Å²) in [4.78, 5) is 22.6. The van der Waals surface area contributed by atoms with Crippen molar-refractivity contribution in [3.05, 3.63) is 59.7 Å². The summed E-state index contributed by atoms with van der Waals surface area (Å²) in [5, 5.41) is 18.7. The molecule has 6 nitrogen and oxygen atoms in total. The second kappa shape index (κ2) is 15.9. The highest BCUT2D eigenvalue weighted by atomic mass is 16.5. The van der Waals surface area contributed by atoms with Crippen LogP contribution in [0.4, 0.5) is 0 Å². The summed E-state index contributed by atoms with van der Waals surface area (Å²) in [7, 11) is 0. The molecule has 2 fully saturated rings. The third kappa shape index (κ3) is 13.2. The normalized spacial score (nSPS) is 14.9. The Morgan fingerprint density at radius 1 is 0.889 bits per heavy atom. The number of hydrogen-bond donors (Lipinski definition) is 2. The molecular formula is C30H42O6. The molecule has 2 N–H and O–H groups in total. The van der Waals surface area contributed by atoms with Gasteiger partial charge in [0.1, 0.15) is 11.5 Å². The Morgan fingerprint density at radius 3 is 2.00 bits per heavy atom. The van der Waals surface area contributed by atoms with Crippen molar-refractivity contribution in [1.82, 2.24) is 0 Å². The number of hydrogen-bond acceptors (Lipinski definition) is 6. The summed E-state index contributed by atoms with van der Waals surface area (Å²) in [6, 6.07) is 14.1. The van der Waals surface area contributed by atoms with E-state index >= 15 is 0 Å². The average molecular weight is 499 g/mol. The van der Waals surface area contributed by atoms with Crippen molar-refractivity contribution < 1.29 is 29.3 Å². The Morgan fingerprint density at radius 2 is 1.47 bits per heavy atom. The molecule has 2 aliphatic rings. The van der Waals surface area contributed by atoms with Gasteiger partial charge in [-0.25, -0.2) is 0 Å². The summed E-state index contributed by atoms with van der Waals surface area (Å²) in [6.45, 7) is 6.72. The molecule has 0 saturated heterocycles. The van der Waals surface area contributed by atoms with E-state index in [1.807, 2.05) is 25.1 Å². The second-order valence-corrected chi connectivity index (χ2v) is 9.64. The maximum Gasteiger partial charge on any atom is 0.306 e. The van der Waals surface area contributed by atoms with Crippen LogP contribution in [0.1, 0.15) is 82.8 Å².